The van der Waals surface area contributed by atoms with Gasteiger partial charge in [0.15, 0.2) is 0 Å². The molecule has 0 saturated carbocycles. The van der Waals surface area contributed by atoms with E-state index in [0.717, 1.165) is 0 Å². The van der Waals surface area contributed by atoms with Crippen LogP contribution in [-0.4, -0.2) is 7.11 Å². The molecule has 5 heteroatoms. The Balaban J connectivity index is 2.82. The number of anilines is 1. The first-order valence-corrected chi connectivity index (χ1v) is 4.56. The zero-order valence-corrected chi connectivity index (χ0v) is 8.67. The minimum atomic E-state index is -0.563. The topological polar surface area (TPSA) is 65.5 Å². The van der Waals surface area contributed by atoms with Gasteiger partial charge in [0.1, 0.15) is 17.0 Å². The summed E-state index contributed by atoms with van der Waals surface area (Å²) in [5.74, 6) is 0.456. The molecule has 78 valence electrons. The fourth-order valence-electron chi connectivity index (χ4n) is 1.29. The summed E-state index contributed by atoms with van der Waals surface area (Å²) in [5, 5.41) is 1.11. The first kappa shape index (κ1) is 9.86. The van der Waals surface area contributed by atoms with Crippen molar-refractivity contribution in [3.8, 4) is 5.75 Å². The van der Waals surface area contributed by atoms with Gasteiger partial charge in [-0.25, -0.2) is 4.79 Å². The summed E-state index contributed by atoms with van der Waals surface area (Å²) in [4.78, 5) is 11.2. The minimum Gasteiger partial charge on any atom is -0.495 e. The lowest BCUT2D eigenvalue weighted by molar-refractivity contribution is 0.414. The minimum absolute atomic E-state index is 0.0590. The van der Waals surface area contributed by atoms with Gasteiger partial charge >= 0.3 is 5.63 Å². The monoisotopic (exact) mass is 225 g/mol. The Labute approximate surface area is 90.2 Å². The van der Waals surface area contributed by atoms with Crippen LogP contribution in [0.3, 0.4) is 0 Å². The Morgan fingerprint density at radius 1 is 1.40 bits per heavy atom. The van der Waals surface area contributed by atoms with Crippen LogP contribution in [0.25, 0.3) is 11.0 Å². The van der Waals surface area contributed by atoms with E-state index < -0.39 is 5.63 Å². The second-order valence-corrected chi connectivity index (χ2v) is 3.42. The van der Waals surface area contributed by atoms with Crippen molar-refractivity contribution in [2.75, 3.05) is 12.8 Å². The van der Waals surface area contributed by atoms with E-state index in [1.54, 1.807) is 12.1 Å². The number of ether oxygens (including phenoxy) is 1. The number of benzene rings is 1. The van der Waals surface area contributed by atoms with Crippen LogP contribution in [0.5, 0.6) is 5.75 Å². The zero-order valence-electron chi connectivity index (χ0n) is 7.91. The predicted octanol–water partition coefficient (Wildman–Crippen LogP) is 2.04. The molecule has 2 N–H and O–H groups in total. The van der Waals surface area contributed by atoms with E-state index in [1.165, 1.54) is 13.2 Å². The number of fused-ring (bicyclic) bond motifs is 1. The molecule has 0 atom stereocenters. The number of hydrogen-bond donors (Lipinski definition) is 1. The van der Waals surface area contributed by atoms with Gasteiger partial charge < -0.3 is 14.9 Å². The van der Waals surface area contributed by atoms with Crippen molar-refractivity contribution in [3.05, 3.63) is 33.6 Å². The molecule has 0 fully saturated rings. The average molecular weight is 226 g/mol. The van der Waals surface area contributed by atoms with Crippen molar-refractivity contribution in [1.29, 1.82) is 0 Å². The van der Waals surface area contributed by atoms with Crippen LogP contribution in [0, 0.1) is 0 Å². The zero-order chi connectivity index (χ0) is 11.0. The Morgan fingerprint density at radius 3 is 2.80 bits per heavy atom. The van der Waals surface area contributed by atoms with Crippen LogP contribution in [-0.2, 0) is 0 Å². The van der Waals surface area contributed by atoms with E-state index in [1.807, 2.05) is 0 Å². The highest BCUT2D eigenvalue weighted by molar-refractivity contribution is 6.32. The smallest absolute Gasteiger partial charge is 0.359 e. The molecule has 1 aromatic heterocycles. The van der Waals surface area contributed by atoms with Crippen molar-refractivity contribution in [2.45, 2.75) is 0 Å². The molecule has 0 bridgehead atoms. The number of rotatable bonds is 1. The third-order valence-corrected chi connectivity index (χ3v) is 2.33. The molecule has 0 radical (unpaired) electrons. The Hall–Kier alpha value is -1.68. The summed E-state index contributed by atoms with van der Waals surface area (Å²) in [6.07, 6.45) is 0. The summed E-state index contributed by atoms with van der Waals surface area (Å²) in [6, 6.07) is 4.71. The van der Waals surface area contributed by atoms with Crippen molar-refractivity contribution in [1.82, 2.24) is 0 Å². The number of halogens is 1. The van der Waals surface area contributed by atoms with Crippen molar-refractivity contribution >= 4 is 28.3 Å². The quantitative estimate of drug-likeness (QED) is 0.755. The molecule has 0 unspecified atom stereocenters. The van der Waals surface area contributed by atoms with Gasteiger partial charge in [-0.1, -0.05) is 11.6 Å². The van der Waals surface area contributed by atoms with Gasteiger partial charge in [0, 0.05) is 11.5 Å². The van der Waals surface area contributed by atoms with Crippen LogP contribution in [0.2, 0.25) is 5.02 Å². The lowest BCUT2D eigenvalue weighted by atomic mass is 10.2. The predicted molar refractivity (Wildman–Crippen MR) is 58.5 cm³/mol. The second-order valence-electron chi connectivity index (χ2n) is 3.01. The highest BCUT2D eigenvalue weighted by atomic mass is 35.5. The van der Waals surface area contributed by atoms with E-state index in [0.29, 0.717) is 21.7 Å². The van der Waals surface area contributed by atoms with Gasteiger partial charge in [0.2, 0.25) is 0 Å². The van der Waals surface area contributed by atoms with Gasteiger partial charge in [0.05, 0.1) is 12.1 Å². The van der Waals surface area contributed by atoms with Gasteiger partial charge in [-0.2, -0.15) is 0 Å². The first-order valence-electron chi connectivity index (χ1n) is 4.18. The number of methoxy groups -OCH3 is 1. The molecule has 0 aliphatic carbocycles. The van der Waals surface area contributed by atoms with Gasteiger partial charge in [-0.15, -0.1) is 0 Å². The maximum Gasteiger partial charge on any atom is 0.359 e. The van der Waals surface area contributed by atoms with Crippen LogP contribution < -0.4 is 16.1 Å². The largest absolute Gasteiger partial charge is 0.495 e. The molecular weight excluding hydrogens is 218 g/mol. The standard InChI is InChI=1S/C10H8ClNO3/c1-14-9-4-8-5(2-6(9)11)3-7(12)10(13)15-8/h2-4H,12H2,1H3. The molecule has 15 heavy (non-hydrogen) atoms. The molecule has 0 saturated heterocycles. The third-order valence-electron chi connectivity index (χ3n) is 2.03. The summed E-state index contributed by atoms with van der Waals surface area (Å²) in [6.45, 7) is 0. The van der Waals surface area contributed by atoms with Crippen molar-refractivity contribution in [3.63, 3.8) is 0 Å². The maximum atomic E-state index is 11.2. The number of hydrogen-bond acceptors (Lipinski definition) is 4. The Bertz CT molecular complexity index is 577. The van der Waals surface area contributed by atoms with Crippen molar-refractivity contribution in [2.24, 2.45) is 0 Å². The number of nitrogen functional groups attached to an aromatic ring is 1. The summed E-state index contributed by atoms with van der Waals surface area (Å²) in [7, 11) is 1.49. The van der Waals surface area contributed by atoms with Gasteiger partial charge in [-0.05, 0) is 12.1 Å². The van der Waals surface area contributed by atoms with Crippen LogP contribution >= 0.6 is 11.6 Å². The molecular formula is C10H8ClNO3. The SMILES string of the molecule is COc1cc2oc(=O)c(N)cc2cc1Cl. The molecule has 4 nitrogen and oxygen atoms in total. The first-order chi connectivity index (χ1) is 7.11. The molecule has 2 aromatic rings. The van der Waals surface area contributed by atoms with E-state index in [9.17, 15) is 4.79 Å². The maximum absolute atomic E-state index is 11.2. The van der Waals surface area contributed by atoms with Crippen molar-refractivity contribution < 1.29 is 9.15 Å². The van der Waals surface area contributed by atoms with Gasteiger partial charge in [-0.3, -0.25) is 0 Å². The fraction of sp³-hybridized carbons (Fsp3) is 0.100. The third kappa shape index (κ3) is 1.64. The van der Waals surface area contributed by atoms with Crippen LogP contribution in [0.15, 0.2) is 27.4 Å². The molecule has 1 aromatic carbocycles. The molecule has 0 spiro atoms. The van der Waals surface area contributed by atoms with Gasteiger partial charge in [0.25, 0.3) is 0 Å². The lowest BCUT2D eigenvalue weighted by Crippen LogP contribution is -2.05. The molecule has 2 rings (SSSR count). The summed E-state index contributed by atoms with van der Waals surface area (Å²) in [5.41, 5.74) is 5.32. The van der Waals surface area contributed by atoms with E-state index in [-0.39, 0.29) is 5.69 Å². The molecule has 0 aliphatic rings. The Morgan fingerprint density at radius 2 is 2.13 bits per heavy atom. The molecule has 1 heterocycles. The molecule has 0 amide bonds. The van der Waals surface area contributed by atoms with E-state index >= 15 is 0 Å². The summed E-state index contributed by atoms with van der Waals surface area (Å²) < 4.78 is 9.97. The second kappa shape index (κ2) is 3.47. The van der Waals surface area contributed by atoms with Crippen LogP contribution in [0.4, 0.5) is 5.69 Å². The summed E-state index contributed by atoms with van der Waals surface area (Å²) >= 11 is 5.91. The normalized spacial score (nSPS) is 10.5. The highest BCUT2D eigenvalue weighted by Gasteiger charge is 2.07. The molecule has 0 aliphatic heterocycles. The highest BCUT2D eigenvalue weighted by Crippen LogP contribution is 2.29. The fourth-order valence-corrected chi connectivity index (χ4v) is 1.54. The number of nitrogens with two attached hydrogens (primary N) is 1. The van der Waals surface area contributed by atoms with Crippen LogP contribution in [0.1, 0.15) is 0 Å². The lowest BCUT2D eigenvalue weighted by Gasteiger charge is -2.04. The van der Waals surface area contributed by atoms with E-state index in [2.05, 4.69) is 0 Å². The van der Waals surface area contributed by atoms with E-state index in [4.69, 9.17) is 26.5 Å². The Kier molecular flexibility index (Phi) is 2.28. The average Bonchev–Trinajstić information content (AvgIpc) is 2.20.